The predicted molar refractivity (Wildman–Crippen MR) is 128 cm³/mol. The zero-order valence-electron chi connectivity index (χ0n) is 18.1. The number of carbonyl (C=O) groups excluding carboxylic acids is 1. The van der Waals surface area contributed by atoms with Gasteiger partial charge in [0.25, 0.3) is 5.91 Å². The van der Waals surface area contributed by atoms with E-state index >= 15 is 0 Å². The second-order valence-corrected chi connectivity index (χ2v) is 8.84. The summed E-state index contributed by atoms with van der Waals surface area (Å²) in [4.78, 5) is 23.4. The SMILES string of the molecule is COc1cc(/C=C(\C#N)C(=O)Nc2ccc(C(=O)O)cc2)cc(Cl)c1OS(=O)(=O)c1ccccc1. The molecule has 0 spiro atoms. The molecule has 0 saturated carbocycles. The molecule has 11 heteroatoms. The Labute approximate surface area is 205 Å². The van der Waals surface area contributed by atoms with Crippen LogP contribution in [-0.4, -0.2) is 32.5 Å². The molecule has 0 bridgehead atoms. The van der Waals surface area contributed by atoms with Crippen molar-refractivity contribution in [3.05, 3.63) is 88.5 Å². The minimum atomic E-state index is -4.20. The molecule has 0 aliphatic carbocycles. The van der Waals surface area contributed by atoms with Gasteiger partial charge in [0.05, 0.1) is 17.7 Å². The predicted octanol–water partition coefficient (Wildman–Crippen LogP) is 4.36. The van der Waals surface area contributed by atoms with Crippen LogP contribution in [0.1, 0.15) is 15.9 Å². The van der Waals surface area contributed by atoms with Gasteiger partial charge in [0, 0.05) is 5.69 Å². The van der Waals surface area contributed by atoms with Crippen LogP contribution in [0, 0.1) is 11.3 Å². The van der Waals surface area contributed by atoms with Gasteiger partial charge in [-0.3, -0.25) is 4.79 Å². The van der Waals surface area contributed by atoms with Crippen molar-refractivity contribution in [2.75, 3.05) is 12.4 Å². The topological polar surface area (TPSA) is 143 Å². The Morgan fingerprint density at radius 3 is 2.31 bits per heavy atom. The van der Waals surface area contributed by atoms with Crippen molar-refractivity contribution in [3.8, 4) is 17.6 Å². The third-order valence-corrected chi connectivity index (χ3v) is 6.06. The summed E-state index contributed by atoms with van der Waals surface area (Å²) in [5, 5.41) is 20.8. The van der Waals surface area contributed by atoms with Crippen LogP contribution in [0.25, 0.3) is 6.08 Å². The number of rotatable bonds is 8. The van der Waals surface area contributed by atoms with Crippen LogP contribution >= 0.6 is 11.6 Å². The van der Waals surface area contributed by atoms with Crippen molar-refractivity contribution >= 4 is 45.4 Å². The molecule has 35 heavy (non-hydrogen) atoms. The first-order valence-electron chi connectivity index (χ1n) is 9.78. The van der Waals surface area contributed by atoms with Crippen LogP contribution in [0.15, 0.2) is 77.2 Å². The number of nitrogens with zero attached hydrogens (tertiary/aromatic N) is 1. The summed E-state index contributed by atoms with van der Waals surface area (Å²) in [6, 6.07) is 17.3. The second kappa shape index (κ2) is 10.7. The average Bonchev–Trinajstić information content (AvgIpc) is 2.84. The van der Waals surface area contributed by atoms with E-state index in [1.165, 1.54) is 73.8 Å². The Kier molecular flexibility index (Phi) is 7.76. The molecule has 0 radical (unpaired) electrons. The third kappa shape index (κ3) is 6.17. The molecular weight excluding hydrogens is 496 g/mol. The summed E-state index contributed by atoms with van der Waals surface area (Å²) >= 11 is 6.25. The lowest BCUT2D eigenvalue weighted by atomic mass is 10.1. The lowest BCUT2D eigenvalue weighted by Gasteiger charge is -2.13. The zero-order chi connectivity index (χ0) is 25.6. The quantitative estimate of drug-likeness (QED) is 0.257. The Morgan fingerprint density at radius 2 is 1.74 bits per heavy atom. The van der Waals surface area contributed by atoms with E-state index in [9.17, 15) is 23.3 Å². The summed E-state index contributed by atoms with van der Waals surface area (Å²) in [5.41, 5.74) is 0.296. The van der Waals surface area contributed by atoms with Gasteiger partial charge in [-0.1, -0.05) is 29.8 Å². The molecule has 2 N–H and O–H groups in total. The summed E-state index contributed by atoms with van der Waals surface area (Å²) in [7, 11) is -2.92. The Balaban J connectivity index is 1.87. The number of carboxylic acids is 1. The molecule has 0 atom stereocenters. The lowest BCUT2D eigenvalue weighted by molar-refractivity contribution is -0.112. The van der Waals surface area contributed by atoms with Crippen LogP contribution in [-0.2, 0) is 14.9 Å². The molecule has 0 unspecified atom stereocenters. The number of methoxy groups -OCH3 is 1. The molecule has 0 fully saturated rings. The van der Waals surface area contributed by atoms with E-state index in [-0.39, 0.29) is 43.8 Å². The molecule has 1 amide bonds. The van der Waals surface area contributed by atoms with E-state index in [0.717, 1.165) is 0 Å². The van der Waals surface area contributed by atoms with Crippen molar-refractivity contribution < 1.29 is 32.0 Å². The highest BCUT2D eigenvalue weighted by Gasteiger charge is 2.22. The first-order valence-corrected chi connectivity index (χ1v) is 11.6. The number of benzene rings is 3. The maximum absolute atomic E-state index is 12.6. The minimum Gasteiger partial charge on any atom is -0.493 e. The first-order chi connectivity index (χ1) is 16.6. The van der Waals surface area contributed by atoms with Crippen LogP contribution in [0.2, 0.25) is 5.02 Å². The van der Waals surface area contributed by atoms with Crippen LogP contribution in [0.4, 0.5) is 5.69 Å². The number of hydrogen-bond donors (Lipinski definition) is 2. The summed E-state index contributed by atoms with van der Waals surface area (Å²) in [5.74, 6) is -2.16. The molecule has 3 rings (SSSR count). The van der Waals surface area contributed by atoms with Gasteiger partial charge in [0.2, 0.25) is 5.75 Å². The standard InChI is InChI=1S/C24H17ClN2O7S/c1-33-21-13-15(12-20(25)22(21)34-35(31,32)19-5-3-2-4-6-19)11-17(14-26)23(28)27-18-9-7-16(8-10-18)24(29)30/h2-13H,1H3,(H,27,28)(H,29,30)/b17-11+. The molecule has 0 aliphatic heterocycles. The molecule has 9 nitrogen and oxygen atoms in total. The molecule has 3 aromatic rings. The summed E-state index contributed by atoms with van der Waals surface area (Å²) in [6.45, 7) is 0. The number of aromatic carboxylic acids is 1. The van der Waals surface area contributed by atoms with Crippen LogP contribution in [0.3, 0.4) is 0 Å². The van der Waals surface area contributed by atoms with E-state index in [1.54, 1.807) is 12.1 Å². The number of halogens is 1. The van der Waals surface area contributed by atoms with Gasteiger partial charge in [-0.25, -0.2) is 4.79 Å². The van der Waals surface area contributed by atoms with Gasteiger partial charge in [-0.05, 0) is 60.2 Å². The summed E-state index contributed by atoms with van der Waals surface area (Å²) in [6.07, 6.45) is 1.23. The fourth-order valence-electron chi connectivity index (χ4n) is 2.86. The molecule has 178 valence electrons. The highest BCUT2D eigenvalue weighted by molar-refractivity contribution is 7.87. The number of carboxylic acid groups (broad SMARTS) is 1. The second-order valence-electron chi connectivity index (χ2n) is 6.89. The summed E-state index contributed by atoms with van der Waals surface area (Å²) < 4.78 is 35.6. The largest absolute Gasteiger partial charge is 0.493 e. The van der Waals surface area contributed by atoms with Crippen molar-refractivity contribution in [2.24, 2.45) is 0 Å². The van der Waals surface area contributed by atoms with E-state index in [2.05, 4.69) is 5.32 Å². The highest BCUT2D eigenvalue weighted by atomic mass is 35.5. The monoisotopic (exact) mass is 512 g/mol. The number of amides is 1. The molecular formula is C24H17ClN2O7S. The number of hydrogen-bond acceptors (Lipinski definition) is 7. The Hall–Kier alpha value is -4.33. The van der Waals surface area contributed by atoms with Gasteiger partial charge in [0.1, 0.15) is 16.5 Å². The smallest absolute Gasteiger partial charge is 0.339 e. The van der Waals surface area contributed by atoms with Gasteiger partial charge in [0.15, 0.2) is 5.75 Å². The van der Waals surface area contributed by atoms with E-state index in [4.69, 9.17) is 25.6 Å². The molecule has 0 aliphatic rings. The van der Waals surface area contributed by atoms with Gasteiger partial charge < -0.3 is 19.3 Å². The number of ether oxygens (including phenoxy) is 1. The van der Waals surface area contributed by atoms with Gasteiger partial charge >= 0.3 is 16.1 Å². The highest BCUT2D eigenvalue weighted by Crippen LogP contribution is 2.38. The lowest BCUT2D eigenvalue weighted by Crippen LogP contribution is -2.13. The zero-order valence-corrected chi connectivity index (χ0v) is 19.6. The Morgan fingerprint density at radius 1 is 1.09 bits per heavy atom. The van der Waals surface area contributed by atoms with Crippen molar-refractivity contribution in [1.82, 2.24) is 0 Å². The number of anilines is 1. The number of nitrogens with one attached hydrogen (secondary N) is 1. The normalized spacial score (nSPS) is 11.3. The molecule has 0 heterocycles. The average molecular weight is 513 g/mol. The fraction of sp³-hybridized carbons (Fsp3) is 0.0417. The van der Waals surface area contributed by atoms with Gasteiger partial charge in [-0.2, -0.15) is 13.7 Å². The first kappa shape index (κ1) is 25.3. The molecule has 0 saturated heterocycles. The maximum Gasteiger partial charge on any atom is 0.339 e. The van der Waals surface area contributed by atoms with Crippen LogP contribution in [0.5, 0.6) is 11.5 Å². The van der Waals surface area contributed by atoms with E-state index < -0.39 is 22.0 Å². The maximum atomic E-state index is 12.6. The third-order valence-electron chi connectivity index (χ3n) is 4.54. The molecule has 3 aromatic carbocycles. The van der Waals surface area contributed by atoms with E-state index in [1.807, 2.05) is 0 Å². The van der Waals surface area contributed by atoms with Crippen molar-refractivity contribution in [2.45, 2.75) is 4.90 Å². The van der Waals surface area contributed by atoms with Crippen molar-refractivity contribution in [1.29, 1.82) is 5.26 Å². The number of carbonyl (C=O) groups is 2. The number of nitriles is 1. The fourth-order valence-corrected chi connectivity index (χ4v) is 4.14. The Bertz CT molecular complexity index is 1450. The minimum absolute atomic E-state index is 0.0368. The van der Waals surface area contributed by atoms with Crippen molar-refractivity contribution in [3.63, 3.8) is 0 Å². The van der Waals surface area contributed by atoms with Gasteiger partial charge in [-0.15, -0.1) is 0 Å². The van der Waals surface area contributed by atoms with E-state index in [0.29, 0.717) is 0 Å². The molecule has 0 aromatic heterocycles. The van der Waals surface area contributed by atoms with Crippen LogP contribution < -0.4 is 14.2 Å².